The first kappa shape index (κ1) is 15.2. The van der Waals surface area contributed by atoms with Crippen LogP contribution in [0.4, 0.5) is 0 Å². The van der Waals surface area contributed by atoms with Crippen LogP contribution in [0.5, 0.6) is 5.75 Å². The van der Waals surface area contributed by atoms with Crippen molar-refractivity contribution in [3.05, 3.63) is 53.5 Å². The van der Waals surface area contributed by atoms with Gasteiger partial charge >= 0.3 is 0 Å². The molecule has 1 aromatic heterocycles. The average molecular weight is 287 g/mol. The molecule has 0 aliphatic rings. The average Bonchev–Trinajstić information content (AvgIpc) is 2.98. The van der Waals surface area contributed by atoms with Crippen molar-refractivity contribution in [2.45, 2.75) is 32.7 Å². The van der Waals surface area contributed by atoms with Crippen molar-refractivity contribution < 1.29 is 13.9 Å². The standard InChI is InChI=1S/C17H21NO3/c1-12(2)13-6-7-14(16(9-13)20-3)10-17(19)18-11-15-5-4-8-21-15/h4-9,12H,10-11H2,1-3H3,(H,18,19). The number of rotatable bonds is 6. The van der Waals surface area contributed by atoms with Crippen LogP contribution in [-0.4, -0.2) is 13.0 Å². The highest BCUT2D eigenvalue weighted by Gasteiger charge is 2.11. The molecule has 0 spiro atoms. The number of methoxy groups -OCH3 is 1. The van der Waals surface area contributed by atoms with Crippen molar-refractivity contribution >= 4 is 5.91 Å². The maximum atomic E-state index is 12.0. The Kier molecular flexibility index (Phi) is 5.04. The number of hydrogen-bond acceptors (Lipinski definition) is 3. The molecule has 0 aliphatic carbocycles. The molecule has 1 aromatic carbocycles. The number of carbonyl (C=O) groups is 1. The Balaban J connectivity index is 1.99. The van der Waals surface area contributed by atoms with Gasteiger partial charge in [0.1, 0.15) is 11.5 Å². The predicted molar refractivity (Wildman–Crippen MR) is 81.3 cm³/mol. The van der Waals surface area contributed by atoms with E-state index in [-0.39, 0.29) is 5.91 Å². The molecule has 2 aromatic rings. The number of nitrogens with one attached hydrogen (secondary N) is 1. The number of furan rings is 1. The van der Waals surface area contributed by atoms with E-state index in [9.17, 15) is 4.79 Å². The summed E-state index contributed by atoms with van der Waals surface area (Å²) in [6.45, 7) is 4.66. The molecule has 0 atom stereocenters. The Morgan fingerprint density at radius 3 is 2.76 bits per heavy atom. The number of benzene rings is 1. The summed E-state index contributed by atoms with van der Waals surface area (Å²) in [6.07, 6.45) is 1.89. The van der Waals surface area contributed by atoms with E-state index in [1.165, 1.54) is 5.56 Å². The summed E-state index contributed by atoms with van der Waals surface area (Å²) in [5.74, 6) is 1.88. The van der Waals surface area contributed by atoms with Crippen LogP contribution in [-0.2, 0) is 17.8 Å². The van der Waals surface area contributed by atoms with Crippen LogP contribution in [0.2, 0.25) is 0 Å². The first-order chi connectivity index (χ1) is 10.1. The van der Waals surface area contributed by atoms with E-state index in [0.29, 0.717) is 18.9 Å². The summed E-state index contributed by atoms with van der Waals surface area (Å²) >= 11 is 0. The van der Waals surface area contributed by atoms with Gasteiger partial charge < -0.3 is 14.5 Å². The summed E-state index contributed by atoms with van der Waals surface area (Å²) in [6, 6.07) is 9.64. The van der Waals surface area contributed by atoms with E-state index >= 15 is 0 Å². The van der Waals surface area contributed by atoms with Gasteiger partial charge in [0.25, 0.3) is 0 Å². The molecule has 1 heterocycles. The fraction of sp³-hybridized carbons (Fsp3) is 0.353. The maximum absolute atomic E-state index is 12.0. The zero-order valence-corrected chi connectivity index (χ0v) is 12.7. The molecular weight excluding hydrogens is 266 g/mol. The molecular formula is C17H21NO3. The van der Waals surface area contributed by atoms with Gasteiger partial charge in [-0.1, -0.05) is 26.0 Å². The highest BCUT2D eigenvalue weighted by Crippen LogP contribution is 2.25. The van der Waals surface area contributed by atoms with Gasteiger partial charge in [-0.05, 0) is 29.7 Å². The fourth-order valence-corrected chi connectivity index (χ4v) is 2.10. The van der Waals surface area contributed by atoms with E-state index in [1.54, 1.807) is 19.4 Å². The van der Waals surface area contributed by atoms with Crippen molar-refractivity contribution in [1.82, 2.24) is 5.32 Å². The lowest BCUT2D eigenvalue weighted by molar-refractivity contribution is -0.120. The van der Waals surface area contributed by atoms with Crippen molar-refractivity contribution in [3.63, 3.8) is 0 Å². The molecule has 112 valence electrons. The SMILES string of the molecule is COc1cc(C(C)C)ccc1CC(=O)NCc1ccco1. The molecule has 1 N–H and O–H groups in total. The quantitative estimate of drug-likeness (QED) is 0.887. The third kappa shape index (κ3) is 4.12. The Morgan fingerprint density at radius 2 is 2.14 bits per heavy atom. The summed E-state index contributed by atoms with van der Waals surface area (Å²) < 4.78 is 10.6. The first-order valence-electron chi connectivity index (χ1n) is 7.06. The molecule has 0 saturated heterocycles. The molecule has 0 radical (unpaired) electrons. The van der Waals surface area contributed by atoms with Gasteiger partial charge in [0.2, 0.25) is 5.91 Å². The second-order valence-electron chi connectivity index (χ2n) is 5.26. The van der Waals surface area contributed by atoms with E-state index in [1.807, 2.05) is 24.3 Å². The Morgan fingerprint density at radius 1 is 1.33 bits per heavy atom. The smallest absolute Gasteiger partial charge is 0.224 e. The number of carbonyl (C=O) groups excluding carboxylic acids is 1. The second-order valence-corrected chi connectivity index (χ2v) is 5.26. The zero-order valence-electron chi connectivity index (χ0n) is 12.7. The Bertz CT molecular complexity index is 588. The molecule has 21 heavy (non-hydrogen) atoms. The number of hydrogen-bond donors (Lipinski definition) is 1. The van der Waals surface area contributed by atoms with Crippen LogP contribution in [0.15, 0.2) is 41.0 Å². The second kappa shape index (κ2) is 6.97. The van der Waals surface area contributed by atoms with Gasteiger partial charge in [0.15, 0.2) is 0 Å². The lowest BCUT2D eigenvalue weighted by atomic mass is 9.99. The molecule has 0 fully saturated rings. The third-order valence-corrected chi connectivity index (χ3v) is 3.37. The minimum Gasteiger partial charge on any atom is -0.496 e. The van der Waals surface area contributed by atoms with Gasteiger partial charge in [-0.3, -0.25) is 4.79 Å². The molecule has 2 rings (SSSR count). The highest BCUT2D eigenvalue weighted by molar-refractivity contribution is 5.79. The minimum absolute atomic E-state index is 0.0537. The molecule has 0 aliphatic heterocycles. The summed E-state index contributed by atoms with van der Waals surface area (Å²) in [5.41, 5.74) is 2.09. The minimum atomic E-state index is -0.0537. The first-order valence-corrected chi connectivity index (χ1v) is 7.06. The van der Waals surface area contributed by atoms with Crippen LogP contribution >= 0.6 is 0 Å². The lowest BCUT2D eigenvalue weighted by Crippen LogP contribution is -2.24. The monoisotopic (exact) mass is 287 g/mol. The highest BCUT2D eigenvalue weighted by atomic mass is 16.5. The number of amides is 1. The topological polar surface area (TPSA) is 51.5 Å². The normalized spacial score (nSPS) is 10.7. The van der Waals surface area contributed by atoms with Crippen LogP contribution in [0.25, 0.3) is 0 Å². The summed E-state index contributed by atoms with van der Waals surface area (Å²) in [4.78, 5) is 12.0. The molecule has 4 heteroatoms. The lowest BCUT2D eigenvalue weighted by Gasteiger charge is -2.12. The molecule has 0 bridgehead atoms. The largest absolute Gasteiger partial charge is 0.496 e. The van der Waals surface area contributed by atoms with E-state index < -0.39 is 0 Å². The van der Waals surface area contributed by atoms with Crippen molar-refractivity contribution in [2.75, 3.05) is 7.11 Å². The molecule has 0 unspecified atom stereocenters. The molecule has 0 saturated carbocycles. The third-order valence-electron chi connectivity index (χ3n) is 3.37. The van der Waals surface area contributed by atoms with Crippen molar-refractivity contribution in [2.24, 2.45) is 0 Å². The van der Waals surface area contributed by atoms with Crippen LogP contribution in [0.1, 0.15) is 36.7 Å². The van der Waals surface area contributed by atoms with Crippen LogP contribution in [0, 0.1) is 0 Å². The number of ether oxygens (including phenoxy) is 1. The molecule has 1 amide bonds. The maximum Gasteiger partial charge on any atom is 0.224 e. The van der Waals surface area contributed by atoms with Crippen LogP contribution < -0.4 is 10.1 Å². The fourth-order valence-electron chi connectivity index (χ4n) is 2.10. The zero-order chi connectivity index (χ0) is 15.2. The summed E-state index contributed by atoms with van der Waals surface area (Å²) in [7, 11) is 1.63. The van der Waals surface area contributed by atoms with Gasteiger partial charge in [0.05, 0.1) is 26.3 Å². The van der Waals surface area contributed by atoms with E-state index in [2.05, 4.69) is 19.2 Å². The predicted octanol–water partition coefficient (Wildman–Crippen LogP) is 3.27. The van der Waals surface area contributed by atoms with Gasteiger partial charge in [-0.15, -0.1) is 0 Å². The van der Waals surface area contributed by atoms with Crippen molar-refractivity contribution in [3.8, 4) is 5.75 Å². The van der Waals surface area contributed by atoms with E-state index in [4.69, 9.17) is 9.15 Å². The van der Waals surface area contributed by atoms with E-state index in [0.717, 1.165) is 17.1 Å². The van der Waals surface area contributed by atoms with Crippen molar-refractivity contribution in [1.29, 1.82) is 0 Å². The Labute approximate surface area is 125 Å². The Hall–Kier alpha value is -2.23. The summed E-state index contributed by atoms with van der Waals surface area (Å²) in [5, 5.41) is 2.83. The molecule has 4 nitrogen and oxygen atoms in total. The van der Waals surface area contributed by atoms with Gasteiger partial charge in [-0.25, -0.2) is 0 Å². The van der Waals surface area contributed by atoms with Gasteiger partial charge in [0, 0.05) is 5.56 Å². The van der Waals surface area contributed by atoms with Gasteiger partial charge in [-0.2, -0.15) is 0 Å². The van der Waals surface area contributed by atoms with Crippen LogP contribution in [0.3, 0.4) is 0 Å².